The summed E-state index contributed by atoms with van der Waals surface area (Å²) in [5.41, 5.74) is 1.61. The van der Waals surface area contributed by atoms with E-state index in [1.807, 2.05) is 6.07 Å². The molecule has 0 fully saturated rings. The smallest absolute Gasteiger partial charge is 0.141 e. The zero-order valence-corrected chi connectivity index (χ0v) is 13.3. The lowest BCUT2D eigenvalue weighted by Crippen LogP contribution is -2.24. The van der Waals surface area contributed by atoms with Crippen LogP contribution in [0.25, 0.3) is 0 Å². The number of hydrogen-bond acceptors (Lipinski definition) is 2. The van der Waals surface area contributed by atoms with Gasteiger partial charge in [-0.05, 0) is 54.8 Å². The fraction of sp³-hybridized carbons (Fsp3) is 0.312. The molecule has 1 aromatic carbocycles. The molecule has 1 atom stereocenters. The molecule has 2 nitrogen and oxygen atoms in total. The van der Waals surface area contributed by atoms with Crippen LogP contribution in [0, 0.1) is 11.6 Å². The Morgan fingerprint density at radius 2 is 1.95 bits per heavy atom. The molecule has 1 heterocycles. The Labute approximate surface area is 131 Å². The summed E-state index contributed by atoms with van der Waals surface area (Å²) in [7, 11) is 0. The Morgan fingerprint density at radius 1 is 1.14 bits per heavy atom. The van der Waals surface area contributed by atoms with Crippen LogP contribution in [0.15, 0.2) is 41.1 Å². The largest absolute Gasteiger partial charge is 0.310 e. The van der Waals surface area contributed by atoms with Gasteiger partial charge >= 0.3 is 0 Å². The lowest BCUT2D eigenvalue weighted by molar-refractivity contribution is 0.519. The first kappa shape index (κ1) is 16.0. The molecule has 0 radical (unpaired) electrons. The van der Waals surface area contributed by atoms with Gasteiger partial charge in [-0.1, -0.05) is 22.9 Å². The van der Waals surface area contributed by atoms with Crippen LogP contribution in [-0.2, 0) is 6.42 Å². The van der Waals surface area contributed by atoms with Gasteiger partial charge in [-0.2, -0.15) is 0 Å². The number of benzene rings is 1. The van der Waals surface area contributed by atoms with Gasteiger partial charge in [0.25, 0.3) is 0 Å². The molecular formula is C16H17BrF2N2. The minimum atomic E-state index is -0.365. The average Bonchev–Trinajstić information content (AvgIpc) is 2.42. The van der Waals surface area contributed by atoms with Gasteiger partial charge in [0.2, 0.25) is 0 Å². The number of hydrogen-bond donors (Lipinski definition) is 1. The summed E-state index contributed by atoms with van der Waals surface area (Å²) >= 11 is 3.29. The lowest BCUT2D eigenvalue weighted by Gasteiger charge is -2.19. The summed E-state index contributed by atoms with van der Waals surface area (Å²) in [5, 5.41) is 3.36. The number of nitrogens with zero attached hydrogens (tertiary/aromatic N) is 1. The van der Waals surface area contributed by atoms with Crippen molar-refractivity contribution in [2.45, 2.75) is 25.8 Å². The predicted octanol–water partition coefficient (Wildman–Crippen LogP) is 4.41. The molecule has 2 rings (SSSR count). The predicted molar refractivity (Wildman–Crippen MR) is 83.0 cm³/mol. The highest BCUT2D eigenvalue weighted by atomic mass is 79.9. The van der Waals surface area contributed by atoms with E-state index in [4.69, 9.17) is 0 Å². The average molecular weight is 355 g/mol. The zero-order chi connectivity index (χ0) is 15.2. The fourth-order valence-electron chi connectivity index (χ4n) is 2.21. The van der Waals surface area contributed by atoms with E-state index in [9.17, 15) is 8.78 Å². The standard InChI is InChI=1S/C16H17BrF2N2/c1-2-3-21-16(12-7-15(19)10-20-9-12)6-11-4-13(17)8-14(18)5-11/h4-5,7-10,16,21H,2-3,6H2,1H3. The van der Waals surface area contributed by atoms with Gasteiger partial charge < -0.3 is 5.32 Å². The lowest BCUT2D eigenvalue weighted by atomic mass is 10.00. The molecule has 1 unspecified atom stereocenters. The Morgan fingerprint density at radius 3 is 2.62 bits per heavy atom. The molecule has 0 amide bonds. The molecule has 5 heteroatoms. The normalized spacial score (nSPS) is 12.4. The minimum absolute atomic E-state index is 0.0955. The first-order valence-corrected chi connectivity index (χ1v) is 7.66. The second-order valence-electron chi connectivity index (χ2n) is 4.93. The van der Waals surface area contributed by atoms with Crippen LogP contribution in [0.1, 0.15) is 30.5 Å². The van der Waals surface area contributed by atoms with Gasteiger partial charge in [0.1, 0.15) is 11.6 Å². The molecule has 2 aromatic rings. The van der Waals surface area contributed by atoms with Crippen molar-refractivity contribution in [2.24, 2.45) is 0 Å². The zero-order valence-electron chi connectivity index (χ0n) is 11.7. The maximum Gasteiger partial charge on any atom is 0.141 e. The van der Waals surface area contributed by atoms with Crippen LogP contribution >= 0.6 is 15.9 Å². The van der Waals surface area contributed by atoms with E-state index < -0.39 is 0 Å². The summed E-state index contributed by atoms with van der Waals surface area (Å²) in [6, 6.07) is 6.16. The third-order valence-corrected chi connectivity index (χ3v) is 3.59. The molecule has 0 saturated heterocycles. The van der Waals surface area contributed by atoms with Crippen LogP contribution in [0.3, 0.4) is 0 Å². The van der Waals surface area contributed by atoms with Crippen LogP contribution < -0.4 is 5.32 Å². The fourth-order valence-corrected chi connectivity index (χ4v) is 2.72. The van der Waals surface area contributed by atoms with Crippen LogP contribution in [0.5, 0.6) is 0 Å². The Balaban J connectivity index is 2.23. The van der Waals surface area contributed by atoms with Gasteiger partial charge in [0.05, 0.1) is 6.20 Å². The monoisotopic (exact) mass is 354 g/mol. The van der Waals surface area contributed by atoms with E-state index in [-0.39, 0.29) is 17.7 Å². The number of aromatic nitrogens is 1. The molecule has 1 N–H and O–H groups in total. The molecule has 112 valence electrons. The summed E-state index contributed by atoms with van der Waals surface area (Å²) in [4.78, 5) is 3.89. The highest BCUT2D eigenvalue weighted by Crippen LogP contribution is 2.22. The summed E-state index contributed by atoms with van der Waals surface area (Å²) in [6.45, 7) is 2.87. The highest BCUT2D eigenvalue weighted by molar-refractivity contribution is 9.10. The summed E-state index contributed by atoms with van der Waals surface area (Å²) in [5.74, 6) is -0.651. The van der Waals surface area contributed by atoms with Crippen LogP contribution in [0.2, 0.25) is 0 Å². The third kappa shape index (κ3) is 4.86. The second-order valence-corrected chi connectivity index (χ2v) is 5.84. The number of nitrogens with one attached hydrogen (secondary N) is 1. The molecule has 0 saturated carbocycles. The van der Waals surface area contributed by atoms with E-state index in [1.54, 1.807) is 6.20 Å². The maximum absolute atomic E-state index is 13.5. The Hall–Kier alpha value is -1.33. The number of rotatable bonds is 6. The van der Waals surface area contributed by atoms with E-state index in [1.165, 1.54) is 24.4 Å². The van der Waals surface area contributed by atoms with Crippen molar-refractivity contribution < 1.29 is 8.78 Å². The Bertz CT molecular complexity index is 584. The molecule has 1 aromatic heterocycles. The van der Waals surface area contributed by atoms with E-state index in [0.717, 1.165) is 24.1 Å². The molecule has 0 aliphatic carbocycles. The maximum atomic E-state index is 13.5. The van der Waals surface area contributed by atoms with Gasteiger partial charge in [0, 0.05) is 16.7 Å². The van der Waals surface area contributed by atoms with Gasteiger partial charge in [-0.25, -0.2) is 8.78 Å². The molecular weight excluding hydrogens is 338 g/mol. The molecule has 0 aliphatic rings. The van der Waals surface area contributed by atoms with Gasteiger partial charge in [0.15, 0.2) is 0 Å². The van der Waals surface area contributed by atoms with E-state index >= 15 is 0 Å². The van der Waals surface area contributed by atoms with Crippen molar-refractivity contribution in [1.82, 2.24) is 10.3 Å². The first-order chi connectivity index (χ1) is 10.1. The minimum Gasteiger partial charge on any atom is -0.310 e. The van der Waals surface area contributed by atoms with Gasteiger partial charge in [-0.15, -0.1) is 0 Å². The van der Waals surface area contributed by atoms with Crippen molar-refractivity contribution >= 4 is 15.9 Å². The van der Waals surface area contributed by atoms with Crippen molar-refractivity contribution in [2.75, 3.05) is 6.54 Å². The molecule has 0 aliphatic heterocycles. The third-order valence-electron chi connectivity index (χ3n) is 3.13. The van der Waals surface area contributed by atoms with Crippen molar-refractivity contribution in [3.05, 3.63) is 63.9 Å². The van der Waals surface area contributed by atoms with Gasteiger partial charge in [-0.3, -0.25) is 4.98 Å². The van der Waals surface area contributed by atoms with Crippen molar-refractivity contribution in [3.63, 3.8) is 0 Å². The van der Waals surface area contributed by atoms with E-state index in [0.29, 0.717) is 10.9 Å². The highest BCUT2D eigenvalue weighted by Gasteiger charge is 2.13. The van der Waals surface area contributed by atoms with Crippen molar-refractivity contribution in [1.29, 1.82) is 0 Å². The number of pyridine rings is 1. The quantitative estimate of drug-likeness (QED) is 0.831. The Kier molecular flexibility index (Phi) is 5.82. The topological polar surface area (TPSA) is 24.9 Å². The van der Waals surface area contributed by atoms with E-state index in [2.05, 4.69) is 33.2 Å². The van der Waals surface area contributed by atoms with Crippen LogP contribution in [0.4, 0.5) is 8.78 Å². The molecule has 0 spiro atoms. The van der Waals surface area contributed by atoms with Crippen molar-refractivity contribution in [3.8, 4) is 0 Å². The summed E-state index contributed by atoms with van der Waals surface area (Å²) in [6.07, 6.45) is 4.36. The van der Waals surface area contributed by atoms with Crippen LogP contribution in [-0.4, -0.2) is 11.5 Å². The first-order valence-electron chi connectivity index (χ1n) is 6.87. The molecule has 21 heavy (non-hydrogen) atoms. The SMILES string of the molecule is CCCNC(Cc1cc(F)cc(Br)c1)c1cncc(F)c1. The molecule has 0 bridgehead atoms. The summed E-state index contributed by atoms with van der Waals surface area (Å²) < 4.78 is 27.5. The second kappa shape index (κ2) is 7.61. The number of halogens is 3.